The van der Waals surface area contributed by atoms with Crippen molar-refractivity contribution < 1.29 is 14.6 Å². The molecule has 2 N–H and O–H groups in total. The summed E-state index contributed by atoms with van der Waals surface area (Å²) in [5, 5.41) is 13.3. The van der Waals surface area contributed by atoms with Crippen LogP contribution in [0.25, 0.3) is 11.1 Å². The lowest BCUT2D eigenvalue weighted by Gasteiger charge is -2.27. The van der Waals surface area contributed by atoms with Crippen molar-refractivity contribution in [2.45, 2.75) is 12.3 Å². The zero-order valence-corrected chi connectivity index (χ0v) is 15.8. The van der Waals surface area contributed by atoms with Gasteiger partial charge in [0.2, 0.25) is 0 Å². The molecule has 3 aromatic rings. The molecule has 1 aliphatic heterocycles. The van der Waals surface area contributed by atoms with Crippen LogP contribution in [0.15, 0.2) is 60.9 Å². The Morgan fingerprint density at radius 2 is 1.96 bits per heavy atom. The van der Waals surface area contributed by atoms with Gasteiger partial charge in [0.05, 0.1) is 24.1 Å². The van der Waals surface area contributed by atoms with Gasteiger partial charge in [-0.05, 0) is 47.4 Å². The summed E-state index contributed by atoms with van der Waals surface area (Å²) in [7, 11) is 0. The summed E-state index contributed by atoms with van der Waals surface area (Å²) < 4.78 is 5.89. The molecule has 0 unspecified atom stereocenters. The third-order valence-electron chi connectivity index (χ3n) is 4.95. The summed E-state index contributed by atoms with van der Waals surface area (Å²) in [6, 6.07) is 15.4. The molecule has 0 spiro atoms. The highest BCUT2D eigenvalue weighted by Crippen LogP contribution is 2.37. The van der Waals surface area contributed by atoms with E-state index in [1.165, 1.54) is 12.3 Å². The SMILES string of the molecule is O=C(O)c1ccncc1NC[C@H]1CCOc2cc(-c3ccc(Cl)cc3)ccc21. The van der Waals surface area contributed by atoms with Gasteiger partial charge >= 0.3 is 5.97 Å². The van der Waals surface area contributed by atoms with Gasteiger partial charge in [0.1, 0.15) is 5.75 Å². The van der Waals surface area contributed by atoms with E-state index in [1.54, 1.807) is 6.20 Å². The van der Waals surface area contributed by atoms with Crippen LogP contribution in [0.5, 0.6) is 5.75 Å². The molecule has 0 saturated heterocycles. The lowest BCUT2D eigenvalue weighted by Crippen LogP contribution is -2.21. The maximum absolute atomic E-state index is 11.4. The first-order valence-electron chi connectivity index (χ1n) is 9.05. The number of ether oxygens (including phenoxy) is 1. The van der Waals surface area contributed by atoms with E-state index in [0.717, 1.165) is 28.9 Å². The molecule has 0 aliphatic carbocycles. The number of fused-ring (bicyclic) bond motifs is 1. The van der Waals surface area contributed by atoms with Crippen molar-refractivity contribution in [2.24, 2.45) is 0 Å². The monoisotopic (exact) mass is 394 g/mol. The van der Waals surface area contributed by atoms with E-state index in [0.29, 0.717) is 23.9 Å². The second-order valence-electron chi connectivity index (χ2n) is 6.70. The quantitative estimate of drug-likeness (QED) is 0.631. The number of anilines is 1. The summed E-state index contributed by atoms with van der Waals surface area (Å²) in [5.74, 6) is 0.130. The zero-order chi connectivity index (χ0) is 19.5. The Morgan fingerprint density at radius 3 is 2.75 bits per heavy atom. The van der Waals surface area contributed by atoms with Crippen LogP contribution in [0.4, 0.5) is 5.69 Å². The highest BCUT2D eigenvalue weighted by Gasteiger charge is 2.22. The van der Waals surface area contributed by atoms with E-state index in [2.05, 4.69) is 28.5 Å². The number of pyridine rings is 1. The van der Waals surface area contributed by atoms with E-state index in [1.807, 2.05) is 24.3 Å². The van der Waals surface area contributed by atoms with Gasteiger partial charge in [-0.1, -0.05) is 35.9 Å². The number of hydrogen-bond donors (Lipinski definition) is 2. The number of nitrogens with zero attached hydrogens (tertiary/aromatic N) is 1. The highest BCUT2D eigenvalue weighted by atomic mass is 35.5. The predicted molar refractivity (Wildman–Crippen MR) is 109 cm³/mol. The molecule has 142 valence electrons. The molecular weight excluding hydrogens is 376 g/mol. The number of nitrogens with one attached hydrogen (secondary N) is 1. The van der Waals surface area contributed by atoms with Crippen LogP contribution in [-0.4, -0.2) is 29.2 Å². The van der Waals surface area contributed by atoms with E-state index in [4.69, 9.17) is 16.3 Å². The van der Waals surface area contributed by atoms with Crippen LogP contribution in [-0.2, 0) is 0 Å². The molecule has 4 rings (SSSR count). The normalized spacial score (nSPS) is 15.4. The van der Waals surface area contributed by atoms with Crippen molar-refractivity contribution in [2.75, 3.05) is 18.5 Å². The van der Waals surface area contributed by atoms with Crippen molar-refractivity contribution in [1.29, 1.82) is 0 Å². The molecule has 0 amide bonds. The topological polar surface area (TPSA) is 71.5 Å². The van der Waals surface area contributed by atoms with Gasteiger partial charge in [0.25, 0.3) is 0 Å². The van der Waals surface area contributed by atoms with Crippen LogP contribution in [0.3, 0.4) is 0 Å². The van der Waals surface area contributed by atoms with Crippen molar-refractivity contribution in [3.63, 3.8) is 0 Å². The first kappa shape index (κ1) is 18.3. The Kier molecular flexibility index (Phi) is 5.17. The molecule has 1 aromatic heterocycles. The van der Waals surface area contributed by atoms with Crippen molar-refractivity contribution in [3.8, 4) is 16.9 Å². The van der Waals surface area contributed by atoms with Crippen LogP contribution >= 0.6 is 11.6 Å². The van der Waals surface area contributed by atoms with E-state index >= 15 is 0 Å². The summed E-state index contributed by atoms with van der Waals surface area (Å²) >= 11 is 5.98. The summed E-state index contributed by atoms with van der Waals surface area (Å²) in [6.45, 7) is 1.24. The first-order valence-corrected chi connectivity index (χ1v) is 9.43. The molecule has 1 atom stereocenters. The van der Waals surface area contributed by atoms with E-state index < -0.39 is 5.97 Å². The standard InChI is InChI=1S/C22H19ClN2O3/c23-17-4-1-14(2-5-17)15-3-6-18-16(8-10-28-21(18)11-15)12-25-20-13-24-9-7-19(20)22(26)27/h1-7,9,11,13,16,25H,8,10,12H2,(H,26,27)/t16-/m1/s1. The van der Waals surface area contributed by atoms with Crippen LogP contribution in [0.2, 0.25) is 5.02 Å². The lowest BCUT2D eigenvalue weighted by molar-refractivity contribution is 0.0697. The number of carbonyl (C=O) groups is 1. The maximum atomic E-state index is 11.4. The zero-order valence-electron chi connectivity index (χ0n) is 15.1. The van der Waals surface area contributed by atoms with E-state index in [-0.39, 0.29) is 11.5 Å². The van der Waals surface area contributed by atoms with Gasteiger partial charge in [0, 0.05) is 23.7 Å². The molecule has 2 heterocycles. The lowest BCUT2D eigenvalue weighted by atomic mass is 9.91. The molecular formula is C22H19ClN2O3. The number of benzene rings is 2. The second-order valence-corrected chi connectivity index (χ2v) is 7.14. The molecule has 5 nitrogen and oxygen atoms in total. The van der Waals surface area contributed by atoms with Crippen molar-refractivity contribution in [1.82, 2.24) is 4.98 Å². The molecule has 0 fully saturated rings. The maximum Gasteiger partial charge on any atom is 0.337 e. The Hall–Kier alpha value is -3.05. The van der Waals surface area contributed by atoms with Gasteiger partial charge < -0.3 is 15.2 Å². The van der Waals surface area contributed by atoms with Gasteiger partial charge in [0.15, 0.2) is 0 Å². The average Bonchev–Trinajstić information content (AvgIpc) is 2.72. The average molecular weight is 395 g/mol. The number of aromatic carboxylic acids is 1. The van der Waals surface area contributed by atoms with Gasteiger partial charge in [-0.15, -0.1) is 0 Å². The van der Waals surface area contributed by atoms with Crippen molar-refractivity contribution in [3.05, 3.63) is 77.1 Å². The molecule has 0 radical (unpaired) electrons. The third kappa shape index (κ3) is 3.80. The number of hydrogen-bond acceptors (Lipinski definition) is 4. The smallest absolute Gasteiger partial charge is 0.337 e. The Balaban J connectivity index is 1.54. The van der Waals surface area contributed by atoms with E-state index in [9.17, 15) is 9.90 Å². The number of carboxylic acid groups (broad SMARTS) is 1. The van der Waals surface area contributed by atoms with Gasteiger partial charge in [-0.25, -0.2) is 4.79 Å². The minimum absolute atomic E-state index is 0.223. The molecule has 2 aromatic carbocycles. The third-order valence-corrected chi connectivity index (χ3v) is 5.20. The number of halogens is 1. The highest BCUT2D eigenvalue weighted by molar-refractivity contribution is 6.30. The Bertz CT molecular complexity index is 1000. The molecule has 0 saturated carbocycles. The minimum Gasteiger partial charge on any atom is -0.493 e. The largest absolute Gasteiger partial charge is 0.493 e. The molecule has 0 bridgehead atoms. The van der Waals surface area contributed by atoms with Gasteiger partial charge in [-0.2, -0.15) is 0 Å². The van der Waals surface area contributed by atoms with Gasteiger partial charge in [-0.3, -0.25) is 4.98 Å². The summed E-state index contributed by atoms with van der Waals surface area (Å²) in [6.07, 6.45) is 3.90. The summed E-state index contributed by atoms with van der Waals surface area (Å²) in [4.78, 5) is 15.4. The molecule has 6 heteroatoms. The fourth-order valence-corrected chi connectivity index (χ4v) is 3.58. The molecule has 1 aliphatic rings. The second kappa shape index (κ2) is 7.90. The fourth-order valence-electron chi connectivity index (χ4n) is 3.45. The Labute approximate surface area is 168 Å². The fraction of sp³-hybridized carbons (Fsp3) is 0.182. The minimum atomic E-state index is -0.968. The first-order chi connectivity index (χ1) is 13.6. The van der Waals surface area contributed by atoms with Crippen LogP contribution < -0.4 is 10.1 Å². The number of rotatable bonds is 5. The number of carboxylic acids is 1. The number of aromatic nitrogens is 1. The predicted octanol–water partition coefficient (Wildman–Crippen LogP) is 5.08. The van der Waals surface area contributed by atoms with Crippen LogP contribution in [0.1, 0.15) is 28.3 Å². The van der Waals surface area contributed by atoms with Crippen LogP contribution in [0, 0.1) is 0 Å². The molecule has 28 heavy (non-hydrogen) atoms. The van der Waals surface area contributed by atoms with Crippen molar-refractivity contribution >= 4 is 23.3 Å². The Morgan fingerprint density at radius 1 is 1.18 bits per heavy atom. The summed E-state index contributed by atoms with van der Waals surface area (Å²) in [5.41, 5.74) is 4.03.